The Morgan fingerprint density at radius 2 is 1.76 bits per heavy atom. The lowest BCUT2D eigenvalue weighted by molar-refractivity contribution is -0.138. The Balaban J connectivity index is 1.79. The van der Waals surface area contributed by atoms with E-state index in [2.05, 4.69) is 11.4 Å². The van der Waals surface area contributed by atoms with Crippen LogP contribution in [0.3, 0.4) is 0 Å². The highest BCUT2D eigenvalue weighted by molar-refractivity contribution is 8.03. The fraction of sp³-hybridized carbons (Fsp3) is 0.148. The fourth-order valence-electron chi connectivity index (χ4n) is 3.74. The maximum Gasteiger partial charge on any atom is 0.337 e. The van der Waals surface area contributed by atoms with Crippen LogP contribution in [-0.2, 0) is 9.53 Å². The Hall–Kier alpha value is -4.02. The van der Waals surface area contributed by atoms with E-state index >= 15 is 0 Å². The first-order valence-electron chi connectivity index (χ1n) is 10.8. The van der Waals surface area contributed by atoms with Gasteiger partial charge in [0.2, 0.25) is 0 Å². The molecule has 0 bridgehead atoms. The minimum absolute atomic E-state index is 0.0619. The number of carbonyl (C=O) groups excluding carboxylic acids is 2. The molecule has 4 rings (SSSR count). The molecule has 7 heteroatoms. The summed E-state index contributed by atoms with van der Waals surface area (Å²) < 4.78 is 11.0. The van der Waals surface area contributed by atoms with Crippen LogP contribution in [0.25, 0.3) is 5.70 Å². The first-order chi connectivity index (χ1) is 16.6. The standard InChI is InChI=1S/C27H22N2O4S/c1-2-32-27(31)24-23(22-14-9-15-33-22)20(16-28)26(29-25(24)19-12-7-4-8-13-19)34-17-21(30)18-10-5-3-6-11-18/h3-15,23,29H,2,17H2,1H3/t23-/m0/s1. The lowest BCUT2D eigenvalue weighted by atomic mass is 9.84. The van der Waals surface area contributed by atoms with Crippen LogP contribution in [-0.4, -0.2) is 24.1 Å². The molecule has 1 aliphatic heterocycles. The van der Waals surface area contributed by atoms with E-state index in [0.29, 0.717) is 33.2 Å². The molecule has 0 unspecified atom stereocenters. The summed E-state index contributed by atoms with van der Waals surface area (Å²) in [5.41, 5.74) is 2.46. The number of hydrogen-bond acceptors (Lipinski definition) is 7. The molecule has 1 N–H and O–H groups in total. The molecule has 0 saturated heterocycles. The molecular formula is C27H22N2O4S. The number of rotatable bonds is 8. The van der Waals surface area contributed by atoms with E-state index in [0.717, 1.165) is 5.56 Å². The largest absolute Gasteiger partial charge is 0.468 e. The molecule has 0 fully saturated rings. The van der Waals surface area contributed by atoms with Crippen LogP contribution in [0.1, 0.15) is 34.5 Å². The molecule has 1 aliphatic rings. The van der Waals surface area contributed by atoms with Gasteiger partial charge in [0.15, 0.2) is 5.78 Å². The molecule has 2 heterocycles. The van der Waals surface area contributed by atoms with Crippen molar-refractivity contribution < 1.29 is 18.7 Å². The number of dihydropyridines is 1. The molecule has 1 atom stereocenters. The van der Waals surface area contributed by atoms with Crippen LogP contribution < -0.4 is 5.32 Å². The SMILES string of the molecule is CCOC(=O)C1=C(c2ccccc2)NC(SCC(=O)c2ccccc2)=C(C#N)[C@H]1c1ccco1. The van der Waals surface area contributed by atoms with Crippen LogP contribution in [0.2, 0.25) is 0 Å². The molecular weight excluding hydrogens is 448 g/mol. The van der Waals surface area contributed by atoms with E-state index in [1.54, 1.807) is 31.2 Å². The van der Waals surface area contributed by atoms with E-state index in [1.165, 1.54) is 18.0 Å². The van der Waals surface area contributed by atoms with Crippen molar-refractivity contribution in [1.29, 1.82) is 5.26 Å². The zero-order chi connectivity index (χ0) is 23.9. The Bertz CT molecular complexity index is 1270. The van der Waals surface area contributed by atoms with Crippen LogP contribution in [0.4, 0.5) is 0 Å². The average molecular weight is 471 g/mol. The first kappa shape index (κ1) is 23.1. The van der Waals surface area contributed by atoms with E-state index < -0.39 is 11.9 Å². The van der Waals surface area contributed by atoms with Crippen LogP contribution >= 0.6 is 11.8 Å². The van der Waals surface area contributed by atoms with Gasteiger partial charge in [-0.1, -0.05) is 72.4 Å². The third-order valence-electron chi connectivity index (χ3n) is 5.28. The number of benzene rings is 2. The van der Waals surface area contributed by atoms with Crippen LogP contribution in [0.15, 0.2) is 99.7 Å². The van der Waals surface area contributed by atoms with Crippen molar-refractivity contribution in [1.82, 2.24) is 5.32 Å². The van der Waals surface area contributed by atoms with Gasteiger partial charge in [0.1, 0.15) is 5.76 Å². The molecule has 6 nitrogen and oxygen atoms in total. The Labute approximate surface area is 201 Å². The molecule has 3 aromatic rings. The number of nitrogens with zero attached hydrogens (tertiary/aromatic N) is 1. The van der Waals surface area contributed by atoms with Gasteiger partial charge in [-0.3, -0.25) is 4.79 Å². The quantitative estimate of drug-likeness (QED) is 0.353. The molecule has 0 radical (unpaired) electrons. The Kier molecular flexibility index (Phi) is 7.31. The summed E-state index contributed by atoms with van der Waals surface area (Å²) in [6, 6.07) is 24.0. The van der Waals surface area contributed by atoms with Gasteiger partial charge in [-0.15, -0.1) is 0 Å². The normalized spacial score (nSPS) is 15.5. The summed E-state index contributed by atoms with van der Waals surface area (Å²) in [5.74, 6) is -0.799. The predicted octanol–water partition coefficient (Wildman–Crippen LogP) is 5.29. The second-order valence-corrected chi connectivity index (χ2v) is 8.37. The number of Topliss-reactive ketones (excluding diaryl/α,β-unsaturated/α-hetero) is 1. The number of esters is 1. The summed E-state index contributed by atoms with van der Waals surface area (Å²) in [7, 11) is 0. The minimum Gasteiger partial charge on any atom is -0.468 e. The maximum atomic E-state index is 13.2. The molecule has 0 spiro atoms. The molecule has 170 valence electrons. The van der Waals surface area contributed by atoms with Gasteiger partial charge in [-0.25, -0.2) is 4.79 Å². The maximum absolute atomic E-state index is 13.2. The zero-order valence-corrected chi connectivity index (χ0v) is 19.3. The molecule has 0 saturated carbocycles. The van der Waals surface area contributed by atoms with E-state index in [1.807, 2.05) is 48.5 Å². The van der Waals surface area contributed by atoms with Crippen molar-refractivity contribution in [3.05, 3.63) is 112 Å². The predicted molar refractivity (Wildman–Crippen MR) is 130 cm³/mol. The first-order valence-corrected chi connectivity index (χ1v) is 11.7. The number of nitrogens with one attached hydrogen (secondary N) is 1. The van der Waals surface area contributed by atoms with Crippen molar-refractivity contribution in [2.75, 3.05) is 12.4 Å². The smallest absolute Gasteiger partial charge is 0.337 e. The number of ether oxygens (including phenoxy) is 1. The fourth-order valence-corrected chi connectivity index (χ4v) is 4.68. The summed E-state index contributed by atoms with van der Waals surface area (Å²) in [5, 5.41) is 13.9. The van der Waals surface area contributed by atoms with E-state index in [9.17, 15) is 14.9 Å². The summed E-state index contributed by atoms with van der Waals surface area (Å²) in [4.78, 5) is 25.9. The number of thioether (sulfide) groups is 1. The number of furan rings is 1. The van der Waals surface area contributed by atoms with Crippen LogP contribution in [0.5, 0.6) is 0 Å². The number of carbonyl (C=O) groups is 2. The Morgan fingerprint density at radius 3 is 2.38 bits per heavy atom. The van der Waals surface area contributed by atoms with Crippen LogP contribution in [0, 0.1) is 11.3 Å². The highest BCUT2D eigenvalue weighted by Crippen LogP contribution is 2.43. The topological polar surface area (TPSA) is 92.3 Å². The monoisotopic (exact) mass is 470 g/mol. The molecule has 0 aliphatic carbocycles. The van der Waals surface area contributed by atoms with E-state index in [-0.39, 0.29) is 18.1 Å². The average Bonchev–Trinajstić information content (AvgIpc) is 3.42. The third kappa shape index (κ3) is 4.82. The van der Waals surface area contributed by atoms with Crippen molar-refractivity contribution in [2.24, 2.45) is 0 Å². The van der Waals surface area contributed by atoms with Gasteiger partial charge < -0.3 is 14.5 Å². The van der Waals surface area contributed by atoms with Gasteiger partial charge in [0, 0.05) is 5.56 Å². The number of allylic oxidation sites excluding steroid dienone is 1. The van der Waals surface area contributed by atoms with Gasteiger partial charge in [0.25, 0.3) is 0 Å². The van der Waals surface area contributed by atoms with Crippen molar-refractivity contribution in [3.8, 4) is 6.07 Å². The highest BCUT2D eigenvalue weighted by Gasteiger charge is 2.38. The van der Waals surface area contributed by atoms with Crippen molar-refractivity contribution in [2.45, 2.75) is 12.8 Å². The molecule has 34 heavy (non-hydrogen) atoms. The summed E-state index contributed by atoms with van der Waals surface area (Å²) in [6.07, 6.45) is 1.50. The minimum atomic E-state index is -0.773. The number of ketones is 1. The van der Waals surface area contributed by atoms with Gasteiger partial charge >= 0.3 is 5.97 Å². The molecule has 2 aromatic carbocycles. The summed E-state index contributed by atoms with van der Waals surface area (Å²) >= 11 is 1.23. The van der Waals surface area contributed by atoms with Crippen molar-refractivity contribution >= 4 is 29.2 Å². The summed E-state index contributed by atoms with van der Waals surface area (Å²) in [6.45, 7) is 1.92. The highest BCUT2D eigenvalue weighted by atomic mass is 32.2. The van der Waals surface area contributed by atoms with Gasteiger partial charge in [0.05, 0.1) is 52.5 Å². The third-order valence-corrected chi connectivity index (χ3v) is 6.30. The number of nitriles is 1. The van der Waals surface area contributed by atoms with Gasteiger partial charge in [-0.2, -0.15) is 5.26 Å². The second kappa shape index (κ2) is 10.7. The second-order valence-electron chi connectivity index (χ2n) is 7.38. The molecule has 0 amide bonds. The molecule has 1 aromatic heterocycles. The zero-order valence-electron chi connectivity index (χ0n) is 18.5. The van der Waals surface area contributed by atoms with Gasteiger partial charge in [-0.05, 0) is 24.6 Å². The number of hydrogen-bond donors (Lipinski definition) is 1. The van der Waals surface area contributed by atoms with Crippen molar-refractivity contribution in [3.63, 3.8) is 0 Å². The van der Waals surface area contributed by atoms with E-state index in [4.69, 9.17) is 9.15 Å². The Morgan fingerprint density at radius 1 is 1.06 bits per heavy atom. The lowest BCUT2D eigenvalue weighted by Gasteiger charge is -2.29. The lowest BCUT2D eigenvalue weighted by Crippen LogP contribution is -2.29.